The Balaban J connectivity index is 1.57. The molecule has 1 fully saturated rings. The topological polar surface area (TPSA) is 87.3 Å². The van der Waals surface area contributed by atoms with Crippen LogP contribution in [0, 0.1) is 0 Å². The molecule has 1 amide bonds. The Kier molecular flexibility index (Phi) is 3.54. The van der Waals surface area contributed by atoms with Crippen LogP contribution in [-0.4, -0.2) is 20.4 Å². The highest BCUT2D eigenvalue weighted by Crippen LogP contribution is 2.30. The average Bonchev–Trinajstić information content (AvgIpc) is 3.38. The molecule has 1 unspecified atom stereocenters. The average molecular weight is 343 g/mol. The van der Waals surface area contributed by atoms with Gasteiger partial charge in [0, 0.05) is 11.6 Å². The van der Waals surface area contributed by atoms with Crippen molar-refractivity contribution in [2.75, 3.05) is 5.32 Å². The zero-order chi connectivity index (χ0) is 16.7. The zero-order valence-corrected chi connectivity index (χ0v) is 13.6. The van der Waals surface area contributed by atoms with E-state index in [2.05, 4.69) is 15.4 Å². The quantitative estimate of drug-likeness (QED) is 0.795. The summed E-state index contributed by atoms with van der Waals surface area (Å²) in [5.74, 6) is -0.0911. The minimum atomic E-state index is -3.57. The Bertz CT molecular complexity index is 890. The van der Waals surface area contributed by atoms with Crippen LogP contribution in [0.4, 0.5) is 5.69 Å². The standard InChI is InChI=1S/C17H17N3O3S/c21-17(18-13-9-10-13)12-7-5-11(6-8-12)16-19-14-3-1-2-4-15(14)24(22,23)20-16/h1-8,13,16,19-20H,9-10H2,(H,18,21). The van der Waals surface area contributed by atoms with Crippen LogP contribution in [0.15, 0.2) is 53.4 Å². The van der Waals surface area contributed by atoms with Gasteiger partial charge in [0.1, 0.15) is 11.1 Å². The second-order valence-corrected chi connectivity index (χ2v) is 7.75. The van der Waals surface area contributed by atoms with Gasteiger partial charge in [-0.1, -0.05) is 24.3 Å². The highest BCUT2D eigenvalue weighted by molar-refractivity contribution is 7.89. The number of nitrogens with one attached hydrogen (secondary N) is 3. The summed E-state index contributed by atoms with van der Waals surface area (Å²) in [4.78, 5) is 12.2. The van der Waals surface area contributed by atoms with E-state index in [4.69, 9.17) is 0 Å². The van der Waals surface area contributed by atoms with Crippen molar-refractivity contribution in [3.8, 4) is 0 Å². The van der Waals surface area contributed by atoms with Crippen molar-refractivity contribution < 1.29 is 13.2 Å². The third-order valence-corrected chi connectivity index (χ3v) is 5.65. The van der Waals surface area contributed by atoms with Gasteiger partial charge < -0.3 is 10.6 Å². The molecule has 6 nitrogen and oxygen atoms in total. The molecule has 24 heavy (non-hydrogen) atoms. The molecular formula is C17H17N3O3S. The van der Waals surface area contributed by atoms with E-state index in [-0.39, 0.29) is 10.8 Å². The zero-order valence-electron chi connectivity index (χ0n) is 12.8. The van der Waals surface area contributed by atoms with E-state index in [0.29, 0.717) is 17.3 Å². The van der Waals surface area contributed by atoms with E-state index >= 15 is 0 Å². The molecule has 1 aliphatic heterocycles. The van der Waals surface area contributed by atoms with Crippen LogP contribution in [0.25, 0.3) is 0 Å². The van der Waals surface area contributed by atoms with Crippen LogP contribution in [-0.2, 0) is 10.0 Å². The van der Waals surface area contributed by atoms with Gasteiger partial charge in [-0.15, -0.1) is 0 Å². The molecule has 1 aliphatic carbocycles. The lowest BCUT2D eigenvalue weighted by molar-refractivity contribution is 0.0951. The fourth-order valence-electron chi connectivity index (χ4n) is 2.70. The summed E-state index contributed by atoms with van der Waals surface area (Å²) in [6.45, 7) is 0. The molecular weight excluding hydrogens is 326 g/mol. The second-order valence-electron chi connectivity index (χ2n) is 6.06. The maximum atomic E-state index is 12.3. The normalized spacial score (nSPS) is 21.4. The van der Waals surface area contributed by atoms with Gasteiger partial charge in [-0.2, -0.15) is 4.72 Å². The maximum Gasteiger partial charge on any atom is 0.251 e. The molecule has 1 saturated carbocycles. The summed E-state index contributed by atoms with van der Waals surface area (Å²) in [5, 5.41) is 6.10. The maximum absolute atomic E-state index is 12.3. The van der Waals surface area contributed by atoms with Crippen LogP contribution in [0.2, 0.25) is 0 Å². The number of carbonyl (C=O) groups is 1. The molecule has 0 spiro atoms. The summed E-state index contributed by atoms with van der Waals surface area (Å²) in [6.07, 6.45) is 1.51. The van der Waals surface area contributed by atoms with Crippen molar-refractivity contribution >= 4 is 21.6 Å². The lowest BCUT2D eigenvalue weighted by Gasteiger charge is -2.28. The van der Waals surface area contributed by atoms with E-state index < -0.39 is 16.2 Å². The van der Waals surface area contributed by atoms with Crippen molar-refractivity contribution in [3.63, 3.8) is 0 Å². The first-order valence-electron chi connectivity index (χ1n) is 7.82. The summed E-state index contributed by atoms with van der Waals surface area (Å²) < 4.78 is 27.3. The number of hydrogen-bond acceptors (Lipinski definition) is 4. The molecule has 1 heterocycles. The van der Waals surface area contributed by atoms with Gasteiger partial charge in [0.15, 0.2) is 0 Å². The van der Waals surface area contributed by atoms with Gasteiger partial charge in [0.25, 0.3) is 5.91 Å². The Hall–Kier alpha value is -2.38. The van der Waals surface area contributed by atoms with Crippen LogP contribution in [0.5, 0.6) is 0 Å². The van der Waals surface area contributed by atoms with Gasteiger partial charge in [-0.25, -0.2) is 8.42 Å². The first-order valence-corrected chi connectivity index (χ1v) is 9.30. The molecule has 1 atom stereocenters. The molecule has 2 aromatic rings. The van der Waals surface area contributed by atoms with Crippen molar-refractivity contribution in [3.05, 3.63) is 59.7 Å². The number of carbonyl (C=O) groups excluding carboxylic acids is 1. The largest absolute Gasteiger partial charge is 0.364 e. The van der Waals surface area contributed by atoms with E-state index in [1.54, 1.807) is 48.5 Å². The monoisotopic (exact) mass is 343 g/mol. The number of sulfonamides is 1. The fraction of sp³-hybridized carbons (Fsp3) is 0.235. The number of fused-ring (bicyclic) bond motifs is 1. The molecule has 0 bridgehead atoms. The number of amides is 1. The molecule has 3 N–H and O–H groups in total. The molecule has 0 saturated heterocycles. The molecule has 7 heteroatoms. The van der Waals surface area contributed by atoms with Crippen LogP contribution >= 0.6 is 0 Å². The third kappa shape index (κ3) is 2.88. The number of anilines is 1. The first-order chi connectivity index (χ1) is 11.5. The predicted octanol–water partition coefficient (Wildman–Crippen LogP) is 1.98. The van der Waals surface area contributed by atoms with Crippen LogP contribution in [0.1, 0.15) is 34.9 Å². The van der Waals surface area contributed by atoms with Gasteiger partial charge in [0.2, 0.25) is 10.0 Å². The number of benzene rings is 2. The van der Waals surface area contributed by atoms with E-state index in [1.165, 1.54) is 0 Å². The van der Waals surface area contributed by atoms with Crippen molar-refractivity contribution in [1.82, 2.24) is 10.0 Å². The molecule has 2 aromatic carbocycles. The van der Waals surface area contributed by atoms with E-state index in [1.807, 2.05) is 0 Å². The molecule has 2 aliphatic rings. The van der Waals surface area contributed by atoms with Crippen LogP contribution in [0.3, 0.4) is 0 Å². The van der Waals surface area contributed by atoms with Crippen molar-refractivity contribution in [1.29, 1.82) is 0 Å². The fourth-order valence-corrected chi connectivity index (χ4v) is 4.01. The predicted molar refractivity (Wildman–Crippen MR) is 90.1 cm³/mol. The van der Waals surface area contributed by atoms with E-state index in [9.17, 15) is 13.2 Å². The first kappa shape index (κ1) is 15.2. The summed E-state index contributed by atoms with van der Waals surface area (Å²) in [5.41, 5.74) is 1.89. The van der Waals surface area contributed by atoms with Crippen molar-refractivity contribution in [2.45, 2.75) is 29.9 Å². The SMILES string of the molecule is O=C(NC1CC1)c1ccc(C2Nc3ccccc3S(=O)(=O)N2)cc1. The summed E-state index contributed by atoms with van der Waals surface area (Å²) in [7, 11) is -3.57. The number of para-hydroxylation sites is 1. The molecule has 4 rings (SSSR count). The summed E-state index contributed by atoms with van der Waals surface area (Å²) >= 11 is 0. The van der Waals surface area contributed by atoms with Gasteiger partial charge in [0.05, 0.1) is 5.69 Å². The molecule has 0 radical (unpaired) electrons. The number of rotatable bonds is 3. The van der Waals surface area contributed by atoms with Gasteiger partial charge in [-0.05, 0) is 42.7 Å². The Morgan fingerprint density at radius 2 is 1.75 bits per heavy atom. The van der Waals surface area contributed by atoms with E-state index in [0.717, 1.165) is 18.4 Å². The van der Waals surface area contributed by atoms with Gasteiger partial charge in [-0.3, -0.25) is 4.79 Å². The van der Waals surface area contributed by atoms with Gasteiger partial charge >= 0.3 is 0 Å². The third-order valence-electron chi connectivity index (χ3n) is 4.17. The Morgan fingerprint density at radius 3 is 2.46 bits per heavy atom. The summed E-state index contributed by atoms with van der Waals surface area (Å²) in [6, 6.07) is 14.0. The highest BCUT2D eigenvalue weighted by atomic mass is 32.2. The lowest BCUT2D eigenvalue weighted by atomic mass is 10.1. The van der Waals surface area contributed by atoms with Crippen molar-refractivity contribution in [2.24, 2.45) is 0 Å². The molecule has 124 valence electrons. The minimum Gasteiger partial charge on any atom is -0.364 e. The second kappa shape index (κ2) is 5.61. The molecule has 0 aromatic heterocycles. The Labute approximate surface area is 140 Å². The smallest absolute Gasteiger partial charge is 0.251 e. The number of hydrogen-bond donors (Lipinski definition) is 3. The van der Waals surface area contributed by atoms with Crippen LogP contribution < -0.4 is 15.4 Å². The Morgan fingerprint density at radius 1 is 1.04 bits per heavy atom. The highest BCUT2D eigenvalue weighted by Gasteiger charge is 2.29. The minimum absolute atomic E-state index is 0.0911. The lowest BCUT2D eigenvalue weighted by Crippen LogP contribution is -2.38.